The third-order valence-electron chi connectivity index (χ3n) is 3.73. The van der Waals surface area contributed by atoms with Crippen LogP contribution in [0.4, 0.5) is 0 Å². The Labute approximate surface area is 104 Å². The molecule has 0 fully saturated rings. The van der Waals surface area contributed by atoms with Gasteiger partial charge in [0.25, 0.3) is 0 Å². The molecule has 1 N–H and O–H groups in total. The number of amides is 1. The zero-order chi connectivity index (χ0) is 12.9. The van der Waals surface area contributed by atoms with Gasteiger partial charge in [-0.2, -0.15) is 0 Å². The summed E-state index contributed by atoms with van der Waals surface area (Å²) in [5, 5.41) is 0. The maximum Gasteiger partial charge on any atom is 0.326 e. The summed E-state index contributed by atoms with van der Waals surface area (Å²) in [5.41, 5.74) is 3.95. The van der Waals surface area contributed by atoms with Gasteiger partial charge in [0.2, 0.25) is 5.91 Å². The van der Waals surface area contributed by atoms with E-state index >= 15 is 0 Å². The fourth-order valence-electron chi connectivity index (χ4n) is 2.61. The maximum atomic E-state index is 11.7. The Balaban J connectivity index is 2.22. The molecule has 1 aromatic carbocycles. The summed E-state index contributed by atoms with van der Waals surface area (Å²) in [7, 11) is 1.75. The van der Waals surface area contributed by atoms with Crippen molar-refractivity contribution in [3.8, 4) is 0 Å². The quantitative estimate of drug-likeness (QED) is 0.745. The third kappa shape index (κ3) is 1.47. The average molecular weight is 245 g/mol. The lowest BCUT2D eigenvalue weighted by Crippen LogP contribution is -2.34. The number of fused-ring (bicyclic) bond motifs is 3. The molecule has 2 aromatic rings. The van der Waals surface area contributed by atoms with E-state index in [0.717, 1.165) is 29.6 Å². The Kier molecular flexibility index (Phi) is 2.29. The highest BCUT2D eigenvalue weighted by Gasteiger charge is 2.21. The van der Waals surface area contributed by atoms with E-state index in [0.29, 0.717) is 6.54 Å². The highest BCUT2D eigenvalue weighted by Crippen LogP contribution is 2.25. The minimum absolute atomic E-state index is 0.0796. The van der Waals surface area contributed by atoms with E-state index in [-0.39, 0.29) is 11.6 Å². The Hall–Kier alpha value is -2.04. The van der Waals surface area contributed by atoms with Gasteiger partial charge in [0.15, 0.2) is 0 Å². The first kappa shape index (κ1) is 11.1. The smallest absolute Gasteiger partial charge is 0.326 e. The highest BCUT2D eigenvalue weighted by molar-refractivity contribution is 5.82. The van der Waals surface area contributed by atoms with Gasteiger partial charge in [-0.25, -0.2) is 4.79 Å². The predicted molar refractivity (Wildman–Crippen MR) is 68.3 cm³/mol. The molecule has 2 heterocycles. The molecule has 0 saturated heterocycles. The molecule has 0 radical (unpaired) electrons. The second-order valence-corrected chi connectivity index (χ2v) is 4.78. The fourth-order valence-corrected chi connectivity index (χ4v) is 2.61. The van der Waals surface area contributed by atoms with Crippen LogP contribution in [0, 0.1) is 0 Å². The monoisotopic (exact) mass is 245 g/mol. The third-order valence-corrected chi connectivity index (χ3v) is 3.73. The molecule has 0 aliphatic carbocycles. The molecule has 18 heavy (non-hydrogen) atoms. The summed E-state index contributed by atoms with van der Waals surface area (Å²) in [4.78, 5) is 27.8. The Morgan fingerprint density at radius 2 is 2.17 bits per heavy atom. The molecule has 0 saturated carbocycles. The number of carbonyl (C=O) groups is 1. The molecule has 5 nitrogen and oxygen atoms in total. The minimum atomic E-state index is -0.113. The number of imidazole rings is 1. The first-order valence-corrected chi connectivity index (χ1v) is 6.03. The van der Waals surface area contributed by atoms with Crippen LogP contribution >= 0.6 is 0 Å². The van der Waals surface area contributed by atoms with Gasteiger partial charge < -0.3 is 9.88 Å². The average Bonchev–Trinajstić information content (AvgIpc) is 2.65. The van der Waals surface area contributed by atoms with Crippen molar-refractivity contribution in [1.82, 2.24) is 14.5 Å². The standard InChI is InChI=1S/C13H15N3O2/c1-8(17)16-6-5-9-3-4-11-12(10(9)7-16)14-13(18)15(11)2/h3-4H,5-7H2,1-2H3,(H,14,18). The van der Waals surface area contributed by atoms with Gasteiger partial charge >= 0.3 is 5.69 Å². The molecule has 94 valence electrons. The van der Waals surface area contributed by atoms with Crippen LogP contribution in [-0.4, -0.2) is 26.9 Å². The molecular formula is C13H15N3O2. The van der Waals surface area contributed by atoms with E-state index in [2.05, 4.69) is 11.1 Å². The first-order valence-electron chi connectivity index (χ1n) is 6.03. The number of benzene rings is 1. The number of hydrogen-bond donors (Lipinski definition) is 1. The van der Waals surface area contributed by atoms with Crippen LogP contribution in [0.25, 0.3) is 11.0 Å². The van der Waals surface area contributed by atoms with E-state index in [1.54, 1.807) is 18.5 Å². The van der Waals surface area contributed by atoms with Crippen LogP contribution in [0.1, 0.15) is 18.1 Å². The van der Waals surface area contributed by atoms with Gasteiger partial charge in [0, 0.05) is 32.6 Å². The molecule has 1 aliphatic heterocycles. The SMILES string of the molecule is CC(=O)N1CCc2ccc3c([nH]c(=O)n3C)c2C1. The molecule has 1 amide bonds. The van der Waals surface area contributed by atoms with Crippen molar-refractivity contribution >= 4 is 16.9 Å². The molecule has 0 atom stereocenters. The molecule has 5 heteroatoms. The van der Waals surface area contributed by atoms with Crippen molar-refractivity contribution < 1.29 is 4.79 Å². The van der Waals surface area contributed by atoms with Crippen molar-refractivity contribution in [2.24, 2.45) is 7.05 Å². The van der Waals surface area contributed by atoms with Crippen molar-refractivity contribution in [3.05, 3.63) is 33.7 Å². The van der Waals surface area contributed by atoms with Crippen LogP contribution in [0.5, 0.6) is 0 Å². The summed E-state index contributed by atoms with van der Waals surface area (Å²) in [6.07, 6.45) is 0.849. The molecule has 3 rings (SSSR count). The lowest BCUT2D eigenvalue weighted by molar-refractivity contribution is -0.129. The normalized spacial score (nSPS) is 14.9. The van der Waals surface area contributed by atoms with E-state index in [1.165, 1.54) is 5.56 Å². The van der Waals surface area contributed by atoms with Gasteiger partial charge in [-0.3, -0.25) is 9.36 Å². The van der Waals surface area contributed by atoms with E-state index in [1.807, 2.05) is 11.0 Å². The lowest BCUT2D eigenvalue weighted by atomic mass is 9.98. The minimum Gasteiger partial charge on any atom is -0.338 e. The Morgan fingerprint density at radius 1 is 1.39 bits per heavy atom. The number of H-pyrrole nitrogens is 1. The molecule has 1 aliphatic rings. The second kappa shape index (κ2) is 3.73. The van der Waals surface area contributed by atoms with Crippen molar-refractivity contribution in [3.63, 3.8) is 0 Å². The first-order chi connectivity index (χ1) is 8.58. The number of nitrogens with one attached hydrogen (secondary N) is 1. The zero-order valence-corrected chi connectivity index (χ0v) is 10.5. The molecule has 0 spiro atoms. The van der Waals surface area contributed by atoms with Crippen LogP contribution in [0.3, 0.4) is 0 Å². The number of aromatic amines is 1. The Morgan fingerprint density at radius 3 is 2.89 bits per heavy atom. The van der Waals surface area contributed by atoms with E-state index in [4.69, 9.17) is 0 Å². The van der Waals surface area contributed by atoms with Crippen molar-refractivity contribution in [2.75, 3.05) is 6.54 Å². The van der Waals surface area contributed by atoms with Gasteiger partial charge in [0.1, 0.15) is 0 Å². The number of nitrogens with zero attached hydrogens (tertiary/aromatic N) is 2. The van der Waals surface area contributed by atoms with Crippen LogP contribution in [0.2, 0.25) is 0 Å². The summed E-state index contributed by atoms with van der Waals surface area (Å²) in [5.74, 6) is 0.0796. The van der Waals surface area contributed by atoms with Crippen LogP contribution in [-0.2, 0) is 24.8 Å². The number of rotatable bonds is 0. The van der Waals surface area contributed by atoms with Crippen LogP contribution in [0.15, 0.2) is 16.9 Å². The highest BCUT2D eigenvalue weighted by atomic mass is 16.2. The van der Waals surface area contributed by atoms with Crippen molar-refractivity contribution in [2.45, 2.75) is 19.9 Å². The predicted octanol–water partition coefficient (Wildman–Crippen LogP) is 0.771. The molecule has 1 aromatic heterocycles. The zero-order valence-electron chi connectivity index (χ0n) is 10.5. The number of aryl methyl sites for hydroxylation is 1. The molecule has 0 unspecified atom stereocenters. The van der Waals surface area contributed by atoms with Gasteiger partial charge in [-0.1, -0.05) is 6.07 Å². The fraction of sp³-hybridized carbons (Fsp3) is 0.385. The van der Waals surface area contributed by atoms with E-state index < -0.39 is 0 Å². The molecule has 0 bridgehead atoms. The number of hydrogen-bond acceptors (Lipinski definition) is 2. The number of carbonyl (C=O) groups excluding carboxylic acids is 1. The lowest BCUT2D eigenvalue weighted by Gasteiger charge is -2.28. The van der Waals surface area contributed by atoms with Gasteiger partial charge in [0.05, 0.1) is 11.0 Å². The summed E-state index contributed by atoms with van der Waals surface area (Å²) >= 11 is 0. The van der Waals surface area contributed by atoms with Crippen LogP contribution < -0.4 is 5.69 Å². The van der Waals surface area contributed by atoms with E-state index in [9.17, 15) is 9.59 Å². The van der Waals surface area contributed by atoms with Gasteiger partial charge in [-0.05, 0) is 18.1 Å². The maximum absolute atomic E-state index is 11.7. The largest absolute Gasteiger partial charge is 0.338 e. The second-order valence-electron chi connectivity index (χ2n) is 4.78. The van der Waals surface area contributed by atoms with Crippen molar-refractivity contribution in [1.29, 1.82) is 0 Å². The summed E-state index contributed by atoms with van der Waals surface area (Å²) in [6, 6.07) is 4.03. The summed E-state index contributed by atoms with van der Waals surface area (Å²) in [6.45, 7) is 2.92. The van der Waals surface area contributed by atoms with Gasteiger partial charge in [-0.15, -0.1) is 0 Å². The Bertz CT molecular complexity index is 696. The molecular weight excluding hydrogens is 230 g/mol. The number of aromatic nitrogens is 2. The topological polar surface area (TPSA) is 58.1 Å². The summed E-state index contributed by atoms with van der Waals surface area (Å²) < 4.78 is 1.60.